The van der Waals surface area contributed by atoms with Gasteiger partial charge in [-0.05, 0) is 56.5 Å². The highest BCUT2D eigenvalue weighted by atomic mass is 35.5. The maximum absolute atomic E-state index is 14.3. The zero-order valence-electron chi connectivity index (χ0n) is 20.5. The summed E-state index contributed by atoms with van der Waals surface area (Å²) in [4.78, 5) is 27.5. The predicted molar refractivity (Wildman–Crippen MR) is 137 cm³/mol. The number of hydrogen-bond acceptors (Lipinski definition) is 4. The number of para-hydroxylation sites is 1. The quantitative estimate of drug-likeness (QED) is 0.446. The van der Waals surface area contributed by atoms with E-state index in [1.54, 1.807) is 31.2 Å². The van der Waals surface area contributed by atoms with Gasteiger partial charge in [0.25, 0.3) is 0 Å². The summed E-state index contributed by atoms with van der Waals surface area (Å²) < 4.78 is 39.8. The van der Waals surface area contributed by atoms with Gasteiger partial charge in [0.2, 0.25) is 21.8 Å². The first-order valence-corrected chi connectivity index (χ1v) is 13.7. The molecule has 0 unspecified atom stereocenters. The minimum Gasteiger partial charge on any atom is -0.352 e. The van der Waals surface area contributed by atoms with E-state index in [0.29, 0.717) is 5.02 Å². The molecule has 0 bridgehead atoms. The Kier molecular flexibility index (Phi) is 10.5. The van der Waals surface area contributed by atoms with Gasteiger partial charge in [-0.2, -0.15) is 0 Å². The Morgan fingerprint density at radius 1 is 1.11 bits per heavy atom. The van der Waals surface area contributed by atoms with E-state index in [1.807, 2.05) is 19.9 Å². The highest BCUT2D eigenvalue weighted by Crippen LogP contribution is 2.22. The standard InChI is InChI=1S/C25H33ClFN3O4S/c1-5-18(2)28-25(32)19(3)29(17-20-10-8-11-21(26)16-20)24(31)14-9-15-30(35(4,33)34)23-13-7-6-12-22(23)27/h6-8,10-13,16,18-19H,5,9,14-15,17H2,1-4H3,(H,28,32)/t18-,19+/m0/s1. The number of sulfonamides is 1. The van der Waals surface area contributed by atoms with Gasteiger partial charge in [-0.25, -0.2) is 12.8 Å². The fourth-order valence-electron chi connectivity index (χ4n) is 3.52. The van der Waals surface area contributed by atoms with Crippen LogP contribution in [0, 0.1) is 5.82 Å². The van der Waals surface area contributed by atoms with Gasteiger partial charge in [0.15, 0.2) is 0 Å². The molecule has 7 nitrogen and oxygen atoms in total. The first-order valence-electron chi connectivity index (χ1n) is 11.5. The molecule has 0 aliphatic heterocycles. The number of carbonyl (C=O) groups is 2. The molecule has 1 N–H and O–H groups in total. The van der Waals surface area contributed by atoms with Crippen LogP contribution in [0.15, 0.2) is 48.5 Å². The van der Waals surface area contributed by atoms with Crippen molar-refractivity contribution in [1.82, 2.24) is 10.2 Å². The van der Waals surface area contributed by atoms with E-state index in [9.17, 15) is 22.4 Å². The van der Waals surface area contributed by atoms with Crippen LogP contribution in [-0.4, -0.2) is 50.0 Å². The molecular weight excluding hydrogens is 493 g/mol. The topological polar surface area (TPSA) is 86.8 Å². The zero-order chi connectivity index (χ0) is 26.2. The van der Waals surface area contributed by atoms with E-state index in [2.05, 4.69) is 5.32 Å². The van der Waals surface area contributed by atoms with E-state index < -0.39 is 21.9 Å². The number of benzene rings is 2. The van der Waals surface area contributed by atoms with Gasteiger partial charge in [-0.3, -0.25) is 13.9 Å². The summed E-state index contributed by atoms with van der Waals surface area (Å²) in [7, 11) is -3.77. The minimum absolute atomic E-state index is 0.0258. The van der Waals surface area contributed by atoms with E-state index in [-0.39, 0.29) is 49.5 Å². The van der Waals surface area contributed by atoms with Gasteiger partial charge in [-0.15, -0.1) is 0 Å². The fourth-order valence-corrected chi connectivity index (χ4v) is 4.70. The van der Waals surface area contributed by atoms with Crippen LogP contribution in [-0.2, 0) is 26.2 Å². The second kappa shape index (κ2) is 12.9. The number of anilines is 1. The van der Waals surface area contributed by atoms with Crippen LogP contribution in [0.5, 0.6) is 0 Å². The largest absolute Gasteiger partial charge is 0.352 e. The Labute approximate surface area is 212 Å². The summed E-state index contributed by atoms with van der Waals surface area (Å²) in [6.45, 7) is 5.58. The van der Waals surface area contributed by atoms with Gasteiger partial charge < -0.3 is 10.2 Å². The fraction of sp³-hybridized carbons (Fsp3) is 0.440. The molecule has 0 aliphatic rings. The molecule has 0 radical (unpaired) electrons. The lowest BCUT2D eigenvalue weighted by Crippen LogP contribution is -2.49. The van der Waals surface area contributed by atoms with Gasteiger partial charge in [0, 0.05) is 30.6 Å². The van der Waals surface area contributed by atoms with Crippen LogP contribution in [0.3, 0.4) is 0 Å². The molecule has 2 aromatic rings. The van der Waals surface area contributed by atoms with Gasteiger partial charge >= 0.3 is 0 Å². The molecule has 0 heterocycles. The monoisotopic (exact) mass is 525 g/mol. The Hall–Kier alpha value is -2.65. The summed E-state index contributed by atoms with van der Waals surface area (Å²) >= 11 is 6.09. The second-order valence-electron chi connectivity index (χ2n) is 8.54. The minimum atomic E-state index is -3.77. The van der Waals surface area contributed by atoms with Crippen molar-refractivity contribution in [3.05, 3.63) is 64.9 Å². The Morgan fingerprint density at radius 3 is 2.40 bits per heavy atom. The number of hydrogen-bond donors (Lipinski definition) is 1. The van der Waals surface area contributed by atoms with E-state index >= 15 is 0 Å². The SMILES string of the molecule is CC[C@H](C)NC(=O)[C@@H](C)N(Cc1cccc(Cl)c1)C(=O)CCCN(c1ccccc1F)S(C)(=O)=O. The van der Waals surface area contributed by atoms with Crippen LogP contribution in [0.2, 0.25) is 5.02 Å². The predicted octanol–water partition coefficient (Wildman–Crippen LogP) is 4.36. The van der Waals surface area contributed by atoms with Gasteiger partial charge in [0.1, 0.15) is 11.9 Å². The van der Waals surface area contributed by atoms with E-state index in [0.717, 1.165) is 22.5 Å². The van der Waals surface area contributed by atoms with E-state index in [4.69, 9.17) is 11.6 Å². The number of nitrogens with zero attached hydrogens (tertiary/aromatic N) is 2. The first-order chi connectivity index (χ1) is 16.4. The third-order valence-electron chi connectivity index (χ3n) is 5.68. The molecule has 35 heavy (non-hydrogen) atoms. The van der Waals surface area contributed by atoms with E-state index in [1.165, 1.54) is 23.1 Å². The number of nitrogens with one attached hydrogen (secondary N) is 1. The summed E-state index contributed by atoms with van der Waals surface area (Å²) in [5.74, 6) is -1.26. The molecule has 2 amide bonds. The molecule has 0 fully saturated rings. The Balaban J connectivity index is 2.18. The van der Waals surface area contributed by atoms with Crippen LogP contribution >= 0.6 is 11.6 Å². The Bertz CT molecular complexity index is 1130. The summed E-state index contributed by atoms with van der Waals surface area (Å²) in [5.41, 5.74) is 0.692. The molecule has 10 heteroatoms. The number of carbonyl (C=O) groups excluding carboxylic acids is 2. The summed E-state index contributed by atoms with van der Waals surface area (Å²) in [6.07, 6.45) is 1.86. The van der Waals surface area contributed by atoms with Crippen molar-refractivity contribution in [2.45, 2.75) is 58.7 Å². The molecule has 192 valence electrons. The molecule has 2 aromatic carbocycles. The zero-order valence-corrected chi connectivity index (χ0v) is 22.1. The van der Waals surface area contributed by atoms with Crippen molar-refractivity contribution in [3.8, 4) is 0 Å². The van der Waals surface area contributed by atoms with Gasteiger partial charge in [-0.1, -0.05) is 42.8 Å². The van der Waals surface area contributed by atoms with Crippen LogP contribution in [0.4, 0.5) is 10.1 Å². The smallest absolute Gasteiger partial charge is 0.242 e. The highest BCUT2D eigenvalue weighted by molar-refractivity contribution is 7.92. The van der Waals surface area contributed by atoms with Crippen molar-refractivity contribution in [3.63, 3.8) is 0 Å². The third kappa shape index (κ3) is 8.50. The Morgan fingerprint density at radius 2 is 1.80 bits per heavy atom. The van der Waals surface area contributed by atoms with Crippen LogP contribution in [0.1, 0.15) is 45.6 Å². The number of rotatable bonds is 12. The molecule has 0 saturated heterocycles. The second-order valence-corrected chi connectivity index (χ2v) is 10.9. The average Bonchev–Trinajstić information content (AvgIpc) is 2.79. The maximum atomic E-state index is 14.3. The molecule has 0 spiro atoms. The first kappa shape index (κ1) is 28.6. The molecule has 0 aromatic heterocycles. The molecule has 0 aliphatic carbocycles. The van der Waals surface area contributed by atoms with Crippen molar-refractivity contribution in [2.24, 2.45) is 0 Å². The normalized spacial score (nSPS) is 13.1. The molecule has 0 saturated carbocycles. The lowest BCUT2D eigenvalue weighted by atomic mass is 10.1. The molecular formula is C25H33ClFN3O4S. The lowest BCUT2D eigenvalue weighted by molar-refractivity contribution is -0.140. The van der Waals surface area contributed by atoms with Crippen molar-refractivity contribution >= 4 is 39.1 Å². The van der Waals surface area contributed by atoms with Crippen LogP contribution in [0.25, 0.3) is 0 Å². The summed E-state index contributed by atoms with van der Waals surface area (Å²) in [5, 5.41) is 3.41. The third-order valence-corrected chi connectivity index (χ3v) is 7.10. The van der Waals surface area contributed by atoms with Crippen LogP contribution < -0.4 is 9.62 Å². The molecule has 2 rings (SSSR count). The van der Waals surface area contributed by atoms with Gasteiger partial charge in [0.05, 0.1) is 11.9 Å². The molecule has 2 atom stereocenters. The number of amides is 2. The number of halogens is 2. The lowest BCUT2D eigenvalue weighted by Gasteiger charge is -2.30. The van der Waals surface area contributed by atoms with Crippen molar-refractivity contribution in [2.75, 3.05) is 17.1 Å². The van der Waals surface area contributed by atoms with Crippen molar-refractivity contribution < 1.29 is 22.4 Å². The average molecular weight is 526 g/mol. The van der Waals surface area contributed by atoms with Crippen molar-refractivity contribution in [1.29, 1.82) is 0 Å². The summed E-state index contributed by atoms with van der Waals surface area (Å²) in [6, 6.07) is 11.8. The highest BCUT2D eigenvalue weighted by Gasteiger charge is 2.27. The maximum Gasteiger partial charge on any atom is 0.242 e.